The van der Waals surface area contributed by atoms with E-state index >= 15 is 0 Å². The van der Waals surface area contributed by atoms with Gasteiger partial charge in [-0.25, -0.2) is 0 Å². The van der Waals surface area contributed by atoms with E-state index in [1.165, 1.54) is 0 Å². The smallest absolute Gasteiger partial charge is 0.314 e. The van der Waals surface area contributed by atoms with E-state index < -0.39 is 111 Å². The Balaban J connectivity index is 1.62. The van der Waals surface area contributed by atoms with Crippen LogP contribution in [0.1, 0.15) is 6.42 Å². The zero-order valence-corrected chi connectivity index (χ0v) is 19.6. The maximum atomic E-state index is 10.7. The zero-order valence-electron chi connectivity index (χ0n) is 19.6. The SMILES string of the molecule is CN[C@H]1C[C@@H](N)[C@H](O)[C@@H](O[C@@H]2O[C@H](CO)[C@H](O)[C@@H]3OC4(O[C@H]23)O[C@H]([C@@H](N)CO)[C@H](O)[C@@H](O)C4O)[C@@H]1O. The maximum absolute atomic E-state index is 10.7. The largest absolute Gasteiger partial charge is 0.395 e. The van der Waals surface area contributed by atoms with Gasteiger partial charge >= 0.3 is 5.97 Å². The van der Waals surface area contributed by atoms with Crippen molar-refractivity contribution in [3.05, 3.63) is 0 Å². The van der Waals surface area contributed by atoms with Crippen LogP contribution < -0.4 is 16.8 Å². The average molecular weight is 528 g/mol. The van der Waals surface area contributed by atoms with Crippen LogP contribution in [0.15, 0.2) is 0 Å². The minimum absolute atomic E-state index is 0.254. The van der Waals surface area contributed by atoms with Gasteiger partial charge in [0.15, 0.2) is 12.4 Å². The quantitative estimate of drug-likeness (QED) is 0.153. The molecular formula is C20H37N3O13. The Labute approximate surface area is 206 Å². The van der Waals surface area contributed by atoms with Crippen molar-refractivity contribution in [2.45, 2.75) is 104 Å². The molecule has 0 bridgehead atoms. The lowest BCUT2D eigenvalue weighted by Crippen LogP contribution is -2.69. The Morgan fingerprint density at radius 1 is 0.944 bits per heavy atom. The Morgan fingerprint density at radius 3 is 2.22 bits per heavy atom. The first-order valence-electron chi connectivity index (χ1n) is 11.8. The molecule has 0 aromatic heterocycles. The van der Waals surface area contributed by atoms with E-state index in [4.69, 9.17) is 35.2 Å². The van der Waals surface area contributed by atoms with Crippen molar-refractivity contribution in [2.24, 2.45) is 11.5 Å². The fraction of sp³-hybridized carbons (Fsp3) is 1.00. The lowest BCUT2D eigenvalue weighted by molar-refractivity contribution is -0.439. The molecule has 16 nitrogen and oxygen atoms in total. The lowest BCUT2D eigenvalue weighted by Gasteiger charge is -2.46. The summed E-state index contributed by atoms with van der Waals surface area (Å²) in [6.45, 7) is -1.33. The molecule has 0 aromatic carbocycles. The number of hydrogen-bond donors (Lipinski definition) is 11. The normalized spacial score (nSPS) is 54.4. The van der Waals surface area contributed by atoms with Crippen LogP contribution in [0.25, 0.3) is 0 Å². The van der Waals surface area contributed by atoms with Gasteiger partial charge in [-0.3, -0.25) is 0 Å². The van der Waals surface area contributed by atoms with Crippen LogP contribution >= 0.6 is 0 Å². The topological polar surface area (TPSA) is 272 Å². The van der Waals surface area contributed by atoms with Gasteiger partial charge in [0.2, 0.25) is 0 Å². The number of ether oxygens (including phenoxy) is 5. The van der Waals surface area contributed by atoms with Crippen LogP contribution in [0.3, 0.4) is 0 Å². The molecule has 3 aliphatic heterocycles. The number of aliphatic hydroxyl groups is 8. The lowest BCUT2D eigenvalue weighted by atomic mass is 9.84. The summed E-state index contributed by atoms with van der Waals surface area (Å²) in [5.74, 6) is -2.48. The molecule has 16 heteroatoms. The second-order valence-corrected chi connectivity index (χ2v) is 9.72. The molecular weight excluding hydrogens is 490 g/mol. The van der Waals surface area contributed by atoms with Crippen molar-refractivity contribution in [3.63, 3.8) is 0 Å². The van der Waals surface area contributed by atoms with Gasteiger partial charge in [0.1, 0.15) is 48.8 Å². The van der Waals surface area contributed by atoms with E-state index in [-0.39, 0.29) is 6.42 Å². The molecule has 210 valence electrons. The first-order chi connectivity index (χ1) is 17.0. The minimum atomic E-state index is -2.48. The van der Waals surface area contributed by atoms with Crippen LogP contribution in [-0.4, -0.2) is 159 Å². The van der Waals surface area contributed by atoms with Gasteiger partial charge in [0.05, 0.1) is 31.5 Å². The van der Waals surface area contributed by atoms with Crippen LogP contribution in [0.4, 0.5) is 0 Å². The highest BCUT2D eigenvalue weighted by atomic mass is 16.9. The summed E-state index contributed by atoms with van der Waals surface area (Å²) in [5, 5.41) is 85.6. The van der Waals surface area contributed by atoms with Crippen LogP contribution in [0, 0.1) is 0 Å². The highest BCUT2D eigenvalue weighted by Crippen LogP contribution is 2.45. The van der Waals surface area contributed by atoms with Crippen molar-refractivity contribution in [3.8, 4) is 0 Å². The van der Waals surface area contributed by atoms with Crippen molar-refractivity contribution < 1.29 is 64.5 Å². The number of rotatable bonds is 6. The molecule has 16 atom stereocenters. The third kappa shape index (κ3) is 4.68. The second-order valence-electron chi connectivity index (χ2n) is 9.72. The average Bonchev–Trinajstić information content (AvgIpc) is 3.27. The summed E-state index contributed by atoms with van der Waals surface area (Å²) in [6.07, 6.45) is -17.7. The van der Waals surface area contributed by atoms with Gasteiger partial charge in [-0.1, -0.05) is 0 Å². The summed E-state index contributed by atoms with van der Waals surface area (Å²) >= 11 is 0. The Bertz CT molecular complexity index is 756. The standard InChI is InChI=1S/C20H37N3O13/c1-23-7-2-5(21)9(26)15(10(7)27)33-19-17-16(11(28)8(4-25)32-19)35-20(36-17)18(31)13(30)12(29)14(34-20)6(22)3-24/h5-19,23-31H,2-4,21-22H2,1H3/t5-,6+,7+,8-,9+,10-,11+,12-,13-,14-,15-,16+,17+,18?,19+,20?/m1/s1. The molecule has 4 rings (SSSR count). The third-order valence-corrected chi connectivity index (χ3v) is 7.42. The predicted molar refractivity (Wildman–Crippen MR) is 115 cm³/mol. The predicted octanol–water partition coefficient (Wildman–Crippen LogP) is -7.27. The fourth-order valence-electron chi connectivity index (χ4n) is 5.23. The Kier molecular flexibility index (Phi) is 8.55. The highest BCUT2D eigenvalue weighted by Gasteiger charge is 2.67. The summed E-state index contributed by atoms with van der Waals surface area (Å²) < 4.78 is 28.7. The van der Waals surface area contributed by atoms with Gasteiger partial charge in [0.25, 0.3) is 0 Å². The monoisotopic (exact) mass is 527 g/mol. The second kappa shape index (κ2) is 10.9. The fourth-order valence-corrected chi connectivity index (χ4v) is 5.23. The van der Waals surface area contributed by atoms with Gasteiger partial charge < -0.3 is 81.3 Å². The van der Waals surface area contributed by atoms with Crippen molar-refractivity contribution >= 4 is 0 Å². The molecule has 0 radical (unpaired) electrons. The summed E-state index contributed by atoms with van der Waals surface area (Å²) in [6, 6.07) is -2.50. The molecule has 0 amide bonds. The van der Waals surface area contributed by atoms with Gasteiger partial charge in [-0.15, -0.1) is 0 Å². The van der Waals surface area contributed by atoms with Crippen molar-refractivity contribution in [2.75, 3.05) is 20.3 Å². The molecule has 0 aromatic rings. The third-order valence-electron chi connectivity index (χ3n) is 7.42. The molecule has 3 heterocycles. The van der Waals surface area contributed by atoms with Gasteiger partial charge in [-0.05, 0) is 13.5 Å². The van der Waals surface area contributed by atoms with Gasteiger partial charge in [0, 0.05) is 12.1 Å². The molecule has 4 aliphatic rings. The molecule has 1 saturated carbocycles. The highest BCUT2D eigenvalue weighted by molar-refractivity contribution is 5.05. The molecule has 4 fully saturated rings. The van der Waals surface area contributed by atoms with E-state index in [0.29, 0.717) is 0 Å². The van der Waals surface area contributed by atoms with Crippen LogP contribution in [0.2, 0.25) is 0 Å². The first-order valence-corrected chi connectivity index (χ1v) is 11.8. The molecule has 3 saturated heterocycles. The first kappa shape index (κ1) is 28.4. The summed E-state index contributed by atoms with van der Waals surface area (Å²) in [5.41, 5.74) is 11.8. The van der Waals surface area contributed by atoms with E-state index in [1.807, 2.05) is 0 Å². The number of aliphatic hydroxyl groups excluding tert-OH is 8. The zero-order chi connectivity index (χ0) is 26.5. The number of hydrogen-bond acceptors (Lipinski definition) is 16. The van der Waals surface area contributed by atoms with E-state index in [2.05, 4.69) is 5.32 Å². The van der Waals surface area contributed by atoms with E-state index in [1.54, 1.807) is 7.05 Å². The van der Waals surface area contributed by atoms with Crippen LogP contribution in [-0.2, 0) is 23.7 Å². The number of nitrogens with two attached hydrogens (primary N) is 2. The molecule has 1 spiro atoms. The molecule has 13 N–H and O–H groups in total. The molecule has 36 heavy (non-hydrogen) atoms. The summed E-state index contributed by atoms with van der Waals surface area (Å²) in [4.78, 5) is 0. The number of likely N-dealkylation sites (N-methyl/N-ethyl adjacent to an activating group) is 1. The van der Waals surface area contributed by atoms with Gasteiger partial charge in [-0.2, -0.15) is 0 Å². The number of nitrogens with one attached hydrogen (secondary N) is 1. The van der Waals surface area contributed by atoms with Crippen molar-refractivity contribution in [1.29, 1.82) is 0 Å². The maximum Gasteiger partial charge on any atom is 0.314 e. The molecule has 1 aliphatic carbocycles. The Hall–Kier alpha value is -0.640. The minimum Gasteiger partial charge on any atom is -0.395 e. The Morgan fingerprint density at radius 2 is 1.61 bits per heavy atom. The van der Waals surface area contributed by atoms with E-state index in [9.17, 15) is 40.9 Å². The summed E-state index contributed by atoms with van der Waals surface area (Å²) in [7, 11) is 1.60. The molecule has 2 unspecified atom stereocenters. The van der Waals surface area contributed by atoms with Crippen LogP contribution in [0.5, 0.6) is 0 Å². The van der Waals surface area contributed by atoms with Crippen molar-refractivity contribution in [1.82, 2.24) is 5.32 Å². The van der Waals surface area contributed by atoms with E-state index in [0.717, 1.165) is 0 Å². The number of fused-ring (bicyclic) bond motifs is 1.